The van der Waals surface area contributed by atoms with Crippen LogP contribution in [-0.4, -0.2) is 71.4 Å². The van der Waals surface area contributed by atoms with Crippen LogP contribution in [0.3, 0.4) is 0 Å². The second kappa shape index (κ2) is 15.2. The van der Waals surface area contributed by atoms with E-state index in [2.05, 4.69) is 5.32 Å². The summed E-state index contributed by atoms with van der Waals surface area (Å²) in [5, 5.41) is 2.67. The summed E-state index contributed by atoms with van der Waals surface area (Å²) >= 11 is 0. The van der Waals surface area contributed by atoms with Crippen LogP contribution in [0.15, 0.2) is 48.5 Å². The van der Waals surface area contributed by atoms with Crippen LogP contribution in [0.2, 0.25) is 0 Å². The molecule has 0 fully saturated rings. The molecule has 1 heterocycles. The Morgan fingerprint density at radius 3 is 2.29 bits per heavy atom. The van der Waals surface area contributed by atoms with Gasteiger partial charge < -0.3 is 30.3 Å². The lowest BCUT2D eigenvalue weighted by Gasteiger charge is -2.36. The number of nitrogens with zero attached hydrogens (tertiary/aromatic N) is 2. The van der Waals surface area contributed by atoms with Crippen molar-refractivity contribution in [3.63, 3.8) is 0 Å². The Labute approximate surface area is 265 Å². The molecule has 11 nitrogen and oxygen atoms in total. The van der Waals surface area contributed by atoms with E-state index in [-0.39, 0.29) is 43.8 Å². The van der Waals surface area contributed by atoms with Gasteiger partial charge in [-0.05, 0) is 78.1 Å². The summed E-state index contributed by atoms with van der Waals surface area (Å²) < 4.78 is 10.4. The van der Waals surface area contributed by atoms with Gasteiger partial charge >= 0.3 is 11.9 Å². The van der Waals surface area contributed by atoms with Crippen LogP contribution in [-0.2, 0) is 35.1 Å². The minimum atomic E-state index is -1.00. The first kappa shape index (κ1) is 35.2. The summed E-state index contributed by atoms with van der Waals surface area (Å²) in [6.45, 7) is 12.5. The van der Waals surface area contributed by atoms with Crippen LogP contribution < -0.4 is 16.0 Å². The van der Waals surface area contributed by atoms with Crippen molar-refractivity contribution in [3.8, 4) is 0 Å². The molecule has 0 saturated carbocycles. The summed E-state index contributed by atoms with van der Waals surface area (Å²) in [6.07, 6.45) is 0.291. The number of carbonyl (C=O) groups excluding carboxylic acids is 5. The molecule has 244 valence electrons. The lowest BCUT2D eigenvalue weighted by atomic mass is 10.00. The first-order valence-electron chi connectivity index (χ1n) is 15.4. The van der Waals surface area contributed by atoms with Crippen LogP contribution in [0, 0.1) is 0 Å². The topological polar surface area (TPSA) is 148 Å². The van der Waals surface area contributed by atoms with Crippen LogP contribution in [0.5, 0.6) is 0 Å². The SMILES string of the molecule is CCOC(=O)CC(C)N1C(=O)c2cc(CCC(=O)NCC(N)C(=O)OC(C)(C)C)ccc2N(C(C)C)C(=O)C1c1ccccc1. The maximum absolute atomic E-state index is 14.4. The van der Waals surface area contributed by atoms with E-state index in [0.717, 1.165) is 0 Å². The number of esters is 2. The van der Waals surface area contributed by atoms with E-state index in [9.17, 15) is 24.0 Å². The van der Waals surface area contributed by atoms with E-state index in [0.29, 0.717) is 28.8 Å². The molecule has 1 aliphatic rings. The van der Waals surface area contributed by atoms with Crippen LogP contribution >= 0.6 is 0 Å². The minimum absolute atomic E-state index is 0.0733. The van der Waals surface area contributed by atoms with Gasteiger partial charge in [-0.3, -0.25) is 24.0 Å². The molecule has 0 aromatic heterocycles. The fourth-order valence-corrected chi connectivity index (χ4v) is 5.26. The van der Waals surface area contributed by atoms with Gasteiger partial charge in [-0.2, -0.15) is 0 Å². The molecule has 0 bridgehead atoms. The third-order valence-corrected chi connectivity index (χ3v) is 7.28. The van der Waals surface area contributed by atoms with Crippen LogP contribution in [0.1, 0.15) is 88.8 Å². The average Bonchev–Trinajstić information content (AvgIpc) is 3.06. The quantitative estimate of drug-likeness (QED) is 0.341. The van der Waals surface area contributed by atoms with E-state index in [1.54, 1.807) is 69.9 Å². The second-order valence-electron chi connectivity index (χ2n) is 12.5. The fourth-order valence-electron chi connectivity index (χ4n) is 5.26. The summed E-state index contributed by atoms with van der Waals surface area (Å²) in [6, 6.07) is 11.4. The van der Waals surface area contributed by atoms with Crippen molar-refractivity contribution in [2.75, 3.05) is 18.1 Å². The first-order chi connectivity index (χ1) is 21.1. The zero-order valence-corrected chi connectivity index (χ0v) is 27.3. The zero-order chi connectivity index (χ0) is 33.5. The van der Waals surface area contributed by atoms with Crippen molar-refractivity contribution < 1.29 is 33.4 Å². The molecule has 3 unspecified atom stereocenters. The van der Waals surface area contributed by atoms with Crippen molar-refractivity contribution in [1.82, 2.24) is 10.2 Å². The number of rotatable bonds is 12. The fraction of sp³-hybridized carbons (Fsp3) is 0.500. The maximum Gasteiger partial charge on any atom is 0.325 e. The molecule has 0 aliphatic carbocycles. The molecule has 0 saturated heterocycles. The molecule has 11 heteroatoms. The molecule has 3 rings (SSSR count). The summed E-state index contributed by atoms with van der Waals surface area (Å²) in [5.74, 6) is -2.07. The van der Waals surface area contributed by atoms with Gasteiger partial charge in [0.05, 0.1) is 24.3 Å². The predicted molar refractivity (Wildman–Crippen MR) is 170 cm³/mol. The number of nitrogens with two attached hydrogens (primary N) is 1. The molecule has 1 aliphatic heterocycles. The second-order valence-corrected chi connectivity index (χ2v) is 12.5. The smallest absolute Gasteiger partial charge is 0.325 e. The van der Waals surface area contributed by atoms with Gasteiger partial charge in [0.1, 0.15) is 17.7 Å². The highest BCUT2D eigenvalue weighted by molar-refractivity contribution is 6.11. The molecular formula is C34H46N4O7. The van der Waals surface area contributed by atoms with Gasteiger partial charge in [-0.25, -0.2) is 0 Å². The molecule has 0 spiro atoms. The molecule has 3 N–H and O–H groups in total. The number of nitrogens with one attached hydrogen (secondary N) is 1. The van der Waals surface area contributed by atoms with E-state index in [1.165, 1.54) is 4.90 Å². The van der Waals surface area contributed by atoms with Crippen molar-refractivity contribution in [2.24, 2.45) is 5.73 Å². The number of anilines is 1. The molecule has 0 radical (unpaired) electrons. The Bertz CT molecular complexity index is 1390. The van der Waals surface area contributed by atoms with Crippen LogP contribution in [0.25, 0.3) is 0 Å². The highest BCUT2D eigenvalue weighted by atomic mass is 16.6. The number of aryl methyl sites for hydroxylation is 1. The first-order valence-corrected chi connectivity index (χ1v) is 15.4. The highest BCUT2D eigenvalue weighted by Crippen LogP contribution is 2.38. The number of hydrogen-bond acceptors (Lipinski definition) is 8. The third-order valence-electron chi connectivity index (χ3n) is 7.28. The predicted octanol–water partition coefficient (Wildman–Crippen LogP) is 3.68. The van der Waals surface area contributed by atoms with Gasteiger partial charge in [0.25, 0.3) is 11.8 Å². The molecule has 2 aromatic rings. The molecule has 3 atom stereocenters. The number of carbonyl (C=O) groups is 5. The normalized spacial score (nSPS) is 16.5. The van der Waals surface area contributed by atoms with Gasteiger partial charge in [-0.15, -0.1) is 0 Å². The monoisotopic (exact) mass is 622 g/mol. The summed E-state index contributed by atoms with van der Waals surface area (Å²) in [7, 11) is 0. The van der Waals surface area contributed by atoms with E-state index >= 15 is 0 Å². The van der Waals surface area contributed by atoms with E-state index < -0.39 is 41.6 Å². The number of hydrogen-bond donors (Lipinski definition) is 2. The number of amides is 3. The van der Waals surface area contributed by atoms with Crippen molar-refractivity contribution in [1.29, 1.82) is 0 Å². The molecule has 45 heavy (non-hydrogen) atoms. The minimum Gasteiger partial charge on any atom is -0.466 e. The third kappa shape index (κ3) is 9.13. The largest absolute Gasteiger partial charge is 0.466 e. The summed E-state index contributed by atoms with van der Waals surface area (Å²) in [4.78, 5) is 69.1. The van der Waals surface area contributed by atoms with E-state index in [1.807, 2.05) is 32.0 Å². The summed E-state index contributed by atoms with van der Waals surface area (Å²) in [5.41, 5.74) is 7.29. The number of benzene rings is 2. The van der Waals surface area contributed by atoms with Crippen molar-refractivity contribution in [3.05, 3.63) is 65.2 Å². The van der Waals surface area contributed by atoms with Crippen LogP contribution in [0.4, 0.5) is 5.69 Å². The number of ether oxygens (including phenoxy) is 2. The lowest BCUT2D eigenvalue weighted by Crippen LogP contribution is -2.48. The standard InChI is InChI=1S/C34H46N4O7/c1-8-44-29(40)18-22(4)38-30(24-12-10-9-11-13-24)32(42)37(21(2)3)27-16-14-23(19-25(27)31(38)41)15-17-28(39)36-20-26(35)33(43)45-34(5,6)7/h9-14,16,19,21-22,26,30H,8,15,17-18,20,35H2,1-7H3,(H,36,39). The Morgan fingerprint density at radius 2 is 1.69 bits per heavy atom. The Kier molecular flexibility index (Phi) is 11.9. The van der Waals surface area contributed by atoms with Gasteiger partial charge in [0.2, 0.25) is 5.91 Å². The van der Waals surface area contributed by atoms with Crippen molar-refractivity contribution in [2.45, 2.75) is 97.5 Å². The molecule has 3 amide bonds. The molecule has 2 aromatic carbocycles. The Hall–Kier alpha value is -4.25. The highest BCUT2D eigenvalue weighted by Gasteiger charge is 2.43. The molecular weight excluding hydrogens is 576 g/mol. The van der Waals surface area contributed by atoms with Gasteiger partial charge in [0.15, 0.2) is 0 Å². The van der Waals surface area contributed by atoms with E-state index in [4.69, 9.17) is 15.2 Å². The maximum atomic E-state index is 14.4. The van der Waals surface area contributed by atoms with Gasteiger partial charge in [0, 0.05) is 25.0 Å². The lowest BCUT2D eigenvalue weighted by molar-refractivity contribution is -0.156. The Balaban J connectivity index is 1.90. The number of fused-ring (bicyclic) bond motifs is 1. The van der Waals surface area contributed by atoms with Crippen molar-refractivity contribution >= 4 is 35.3 Å². The average molecular weight is 623 g/mol. The zero-order valence-electron chi connectivity index (χ0n) is 27.3. The van der Waals surface area contributed by atoms with Gasteiger partial charge in [-0.1, -0.05) is 36.4 Å². The Morgan fingerprint density at radius 1 is 1.02 bits per heavy atom.